The zero-order chi connectivity index (χ0) is 13.8. The van der Waals surface area contributed by atoms with Crippen molar-refractivity contribution in [2.45, 2.75) is 27.7 Å². The highest BCUT2D eigenvalue weighted by Crippen LogP contribution is 2.04. The molecule has 0 amide bonds. The molecule has 0 saturated carbocycles. The van der Waals surface area contributed by atoms with Crippen LogP contribution < -0.4 is 0 Å². The van der Waals surface area contributed by atoms with E-state index in [2.05, 4.69) is 14.5 Å². The minimum atomic E-state index is -0.518. The van der Waals surface area contributed by atoms with E-state index in [1.165, 1.54) is 26.4 Å². The summed E-state index contributed by atoms with van der Waals surface area (Å²) < 4.78 is 8.88. The van der Waals surface area contributed by atoms with Crippen LogP contribution in [0.15, 0.2) is 12.1 Å². The van der Waals surface area contributed by atoms with Crippen LogP contribution >= 0.6 is 0 Å². The highest BCUT2D eigenvalue weighted by molar-refractivity contribution is 5.92. The van der Waals surface area contributed by atoms with Crippen molar-refractivity contribution in [1.82, 2.24) is 4.98 Å². The largest absolute Gasteiger partial charge is 0.464 e. The number of hydrogen-bond acceptors (Lipinski definition) is 4. The molecule has 0 aliphatic heterocycles. The molecule has 98 valence electrons. The van der Waals surface area contributed by atoms with Gasteiger partial charge in [0.05, 0.1) is 14.2 Å². The standard InChI is InChI=1S/C8H9NO4.2C2H6/c1-12-7(10)5-3-4-6(9-5)8(11)13-2;2*1-2/h3-4,9H,1-2H3;2*1-2H3. The van der Waals surface area contributed by atoms with Crippen molar-refractivity contribution in [2.24, 2.45) is 0 Å². The first-order valence-corrected chi connectivity index (χ1v) is 5.54. The monoisotopic (exact) mass is 243 g/mol. The minimum absolute atomic E-state index is 0.225. The number of rotatable bonds is 2. The third-order valence-electron chi connectivity index (χ3n) is 1.50. The van der Waals surface area contributed by atoms with E-state index < -0.39 is 11.9 Å². The molecule has 0 aliphatic carbocycles. The van der Waals surface area contributed by atoms with E-state index in [9.17, 15) is 9.59 Å². The zero-order valence-electron chi connectivity index (χ0n) is 11.3. The molecular weight excluding hydrogens is 222 g/mol. The van der Waals surface area contributed by atoms with Gasteiger partial charge in [0.2, 0.25) is 0 Å². The maximum Gasteiger partial charge on any atom is 0.354 e. The maximum absolute atomic E-state index is 10.9. The summed E-state index contributed by atoms with van der Waals surface area (Å²) in [4.78, 5) is 24.4. The van der Waals surface area contributed by atoms with Crippen molar-refractivity contribution in [2.75, 3.05) is 14.2 Å². The molecule has 0 aliphatic rings. The number of methoxy groups -OCH3 is 2. The molecule has 1 aromatic rings. The summed E-state index contributed by atoms with van der Waals surface area (Å²) in [5.74, 6) is -1.04. The Morgan fingerprint density at radius 3 is 1.41 bits per heavy atom. The van der Waals surface area contributed by atoms with Gasteiger partial charge < -0.3 is 14.5 Å². The van der Waals surface area contributed by atoms with Gasteiger partial charge in [-0.1, -0.05) is 27.7 Å². The molecule has 1 aromatic heterocycles. The number of hydrogen-bond donors (Lipinski definition) is 1. The number of nitrogens with one attached hydrogen (secondary N) is 1. The lowest BCUT2D eigenvalue weighted by Crippen LogP contribution is -2.05. The van der Waals surface area contributed by atoms with Gasteiger partial charge in [0.25, 0.3) is 0 Å². The van der Waals surface area contributed by atoms with Gasteiger partial charge in [-0.2, -0.15) is 0 Å². The Labute approximate surface area is 102 Å². The summed E-state index contributed by atoms with van der Waals surface area (Å²) >= 11 is 0. The molecule has 1 rings (SSSR count). The van der Waals surface area contributed by atoms with Gasteiger partial charge in [0.15, 0.2) is 0 Å². The minimum Gasteiger partial charge on any atom is -0.464 e. The summed E-state index contributed by atoms with van der Waals surface area (Å²) in [6.07, 6.45) is 0. The van der Waals surface area contributed by atoms with E-state index in [-0.39, 0.29) is 11.4 Å². The fourth-order valence-corrected chi connectivity index (χ4v) is 0.853. The second-order valence-electron chi connectivity index (χ2n) is 2.27. The first-order valence-electron chi connectivity index (χ1n) is 5.54. The Morgan fingerprint density at radius 1 is 0.882 bits per heavy atom. The van der Waals surface area contributed by atoms with E-state index in [4.69, 9.17) is 0 Å². The molecule has 0 unspecified atom stereocenters. The zero-order valence-corrected chi connectivity index (χ0v) is 11.3. The van der Waals surface area contributed by atoms with Gasteiger partial charge in [-0.3, -0.25) is 0 Å². The average molecular weight is 243 g/mol. The lowest BCUT2D eigenvalue weighted by Gasteiger charge is -1.95. The van der Waals surface area contributed by atoms with Crippen molar-refractivity contribution in [3.05, 3.63) is 23.5 Å². The van der Waals surface area contributed by atoms with E-state index in [0.29, 0.717) is 0 Å². The smallest absolute Gasteiger partial charge is 0.354 e. The normalized spacial score (nSPS) is 7.88. The molecule has 0 bridgehead atoms. The molecule has 0 atom stereocenters. The van der Waals surface area contributed by atoms with Crippen LogP contribution in [0.3, 0.4) is 0 Å². The topological polar surface area (TPSA) is 68.4 Å². The Hall–Kier alpha value is -1.78. The van der Waals surface area contributed by atoms with Crippen LogP contribution in [-0.2, 0) is 9.47 Å². The van der Waals surface area contributed by atoms with Gasteiger partial charge in [-0.25, -0.2) is 9.59 Å². The summed E-state index contributed by atoms with van der Waals surface area (Å²) in [6.45, 7) is 8.00. The number of aromatic nitrogens is 1. The Morgan fingerprint density at radius 2 is 1.18 bits per heavy atom. The van der Waals surface area contributed by atoms with Gasteiger partial charge in [0, 0.05) is 0 Å². The summed E-state index contributed by atoms with van der Waals surface area (Å²) in [5.41, 5.74) is 0.450. The van der Waals surface area contributed by atoms with Crippen LogP contribution in [0.2, 0.25) is 0 Å². The van der Waals surface area contributed by atoms with Gasteiger partial charge >= 0.3 is 11.9 Å². The fraction of sp³-hybridized carbons (Fsp3) is 0.500. The lowest BCUT2D eigenvalue weighted by molar-refractivity contribution is 0.0590. The average Bonchev–Trinajstić information content (AvgIpc) is 2.91. The van der Waals surface area contributed by atoms with Gasteiger partial charge in [-0.05, 0) is 12.1 Å². The predicted octanol–water partition coefficient (Wildman–Crippen LogP) is 2.64. The van der Waals surface area contributed by atoms with E-state index >= 15 is 0 Å². The van der Waals surface area contributed by atoms with Crippen LogP contribution in [0.1, 0.15) is 48.7 Å². The number of esters is 2. The summed E-state index contributed by atoms with van der Waals surface area (Å²) in [6, 6.07) is 2.91. The molecule has 1 N–H and O–H groups in total. The van der Waals surface area contributed by atoms with Crippen LogP contribution in [0.5, 0.6) is 0 Å². The molecule has 0 aromatic carbocycles. The molecule has 17 heavy (non-hydrogen) atoms. The third-order valence-corrected chi connectivity index (χ3v) is 1.50. The van der Waals surface area contributed by atoms with Crippen molar-refractivity contribution in [3.8, 4) is 0 Å². The molecule has 5 nitrogen and oxygen atoms in total. The molecule has 0 fully saturated rings. The highest BCUT2D eigenvalue weighted by atomic mass is 16.5. The number of carbonyl (C=O) groups excluding carboxylic acids is 2. The Bertz CT molecular complexity index is 301. The lowest BCUT2D eigenvalue weighted by atomic mass is 10.4. The number of H-pyrrole nitrogens is 1. The second kappa shape index (κ2) is 10.7. The van der Waals surface area contributed by atoms with Crippen molar-refractivity contribution >= 4 is 11.9 Å². The molecular formula is C12H21NO4. The van der Waals surface area contributed by atoms with Crippen molar-refractivity contribution in [3.63, 3.8) is 0 Å². The van der Waals surface area contributed by atoms with Crippen molar-refractivity contribution < 1.29 is 19.1 Å². The quantitative estimate of drug-likeness (QED) is 0.811. The summed E-state index contributed by atoms with van der Waals surface area (Å²) in [7, 11) is 2.53. The maximum atomic E-state index is 10.9. The highest BCUT2D eigenvalue weighted by Gasteiger charge is 2.12. The van der Waals surface area contributed by atoms with Gasteiger partial charge in [-0.15, -0.1) is 0 Å². The SMILES string of the molecule is CC.CC.COC(=O)c1ccc(C(=O)OC)[nH]1. The molecule has 0 spiro atoms. The molecule has 5 heteroatoms. The van der Waals surface area contributed by atoms with Crippen LogP contribution in [0, 0.1) is 0 Å². The third kappa shape index (κ3) is 5.75. The number of aromatic amines is 1. The van der Waals surface area contributed by atoms with Gasteiger partial charge in [0.1, 0.15) is 11.4 Å². The van der Waals surface area contributed by atoms with Crippen LogP contribution in [0.25, 0.3) is 0 Å². The number of ether oxygens (including phenoxy) is 2. The van der Waals surface area contributed by atoms with E-state index in [0.717, 1.165) is 0 Å². The molecule has 0 radical (unpaired) electrons. The summed E-state index contributed by atoms with van der Waals surface area (Å²) in [5, 5.41) is 0. The first-order chi connectivity index (χ1) is 8.19. The first kappa shape index (κ1) is 17.6. The molecule has 0 saturated heterocycles. The molecule has 1 heterocycles. The predicted molar refractivity (Wildman–Crippen MR) is 66.2 cm³/mol. The van der Waals surface area contributed by atoms with Crippen molar-refractivity contribution in [1.29, 1.82) is 0 Å². The Kier molecular flexibility index (Phi) is 11.1. The fourth-order valence-electron chi connectivity index (χ4n) is 0.853. The van der Waals surface area contributed by atoms with Crippen LogP contribution in [-0.4, -0.2) is 31.1 Å². The number of carbonyl (C=O) groups is 2. The Balaban J connectivity index is 0. The van der Waals surface area contributed by atoms with E-state index in [1.54, 1.807) is 0 Å². The second-order valence-corrected chi connectivity index (χ2v) is 2.27. The van der Waals surface area contributed by atoms with Crippen LogP contribution in [0.4, 0.5) is 0 Å². The van der Waals surface area contributed by atoms with E-state index in [1.807, 2.05) is 27.7 Å².